The molecule has 1 saturated heterocycles. The Labute approximate surface area is 251 Å². The van der Waals surface area contributed by atoms with Crippen LogP contribution in [-0.2, 0) is 23.6 Å². The van der Waals surface area contributed by atoms with Crippen molar-refractivity contribution in [2.75, 3.05) is 13.7 Å². The molecular weight excluding hydrogens is 579 g/mol. The lowest BCUT2D eigenvalue weighted by atomic mass is 10.1. The summed E-state index contributed by atoms with van der Waals surface area (Å²) < 4.78 is 23.6. The van der Waals surface area contributed by atoms with Crippen molar-refractivity contribution in [1.29, 1.82) is 0 Å². The van der Waals surface area contributed by atoms with E-state index in [9.17, 15) is 24.5 Å². The predicted octanol–water partition coefficient (Wildman–Crippen LogP) is 4.92. The molecule has 1 aliphatic heterocycles. The van der Waals surface area contributed by atoms with Gasteiger partial charge in [-0.2, -0.15) is 0 Å². The Kier molecular flexibility index (Phi) is 12.6. The van der Waals surface area contributed by atoms with Crippen LogP contribution in [-0.4, -0.2) is 66.2 Å². The molecule has 1 heterocycles. The van der Waals surface area contributed by atoms with Crippen molar-refractivity contribution in [3.8, 4) is 16.9 Å². The summed E-state index contributed by atoms with van der Waals surface area (Å²) in [6.45, 7) is 7.20. The van der Waals surface area contributed by atoms with Crippen molar-refractivity contribution in [1.82, 2.24) is 15.3 Å². The number of hydrogen-bond acceptors (Lipinski definition) is 10. The third-order valence-corrected chi connectivity index (χ3v) is 7.70. The molecule has 2 aromatic carbocycles. The van der Waals surface area contributed by atoms with Crippen LogP contribution in [0.3, 0.4) is 0 Å². The Hall–Kier alpha value is -3.90. The smallest absolute Gasteiger partial charge is 0.323 e. The van der Waals surface area contributed by atoms with Crippen molar-refractivity contribution >= 4 is 32.5 Å². The number of aldehydes is 1. The molecule has 0 radical (unpaired) electrons. The molecule has 4 unspecified atom stereocenters. The largest absolute Gasteiger partial charge is 0.462 e. The SMILES string of the molecule is CNC(=O)N(/C=C\C=O)C1OC(COP(N[C@@H](C)C(=O)OC(C)C)Oc2ccc(-c3ccc([N+](=O)[O-])cc3)cc2)CC1C. The zero-order valence-electron chi connectivity index (χ0n) is 24.7. The molecule has 2 N–H and O–H groups in total. The maximum absolute atomic E-state index is 12.5. The zero-order chi connectivity index (χ0) is 31.5. The van der Waals surface area contributed by atoms with Crippen molar-refractivity contribution in [3.05, 3.63) is 70.9 Å². The number of nitrogens with zero attached hydrogens (tertiary/aromatic N) is 2. The monoisotopic (exact) mass is 616 g/mol. The minimum Gasteiger partial charge on any atom is -0.462 e. The van der Waals surface area contributed by atoms with Gasteiger partial charge in [0.25, 0.3) is 5.69 Å². The Bertz CT molecular complexity index is 1270. The van der Waals surface area contributed by atoms with E-state index < -0.39 is 43.8 Å². The lowest BCUT2D eigenvalue weighted by molar-refractivity contribution is -0.384. The van der Waals surface area contributed by atoms with Crippen LogP contribution in [0.2, 0.25) is 0 Å². The van der Waals surface area contributed by atoms with Gasteiger partial charge in [0.1, 0.15) is 24.3 Å². The van der Waals surface area contributed by atoms with E-state index in [1.807, 2.05) is 19.1 Å². The average Bonchev–Trinajstić information content (AvgIpc) is 3.35. The molecule has 1 fully saturated rings. The van der Waals surface area contributed by atoms with Crippen LogP contribution >= 0.6 is 8.53 Å². The van der Waals surface area contributed by atoms with Crippen LogP contribution in [0.15, 0.2) is 60.8 Å². The fourth-order valence-electron chi connectivity index (χ4n) is 4.26. The number of nitrogens with one attached hydrogen (secondary N) is 2. The quantitative estimate of drug-likeness (QED) is 0.0745. The summed E-state index contributed by atoms with van der Waals surface area (Å²) in [5.41, 5.74) is 1.64. The molecule has 1 aliphatic rings. The molecule has 0 aromatic heterocycles. The maximum Gasteiger partial charge on any atom is 0.323 e. The van der Waals surface area contributed by atoms with Crippen molar-refractivity contribution < 1.29 is 37.8 Å². The van der Waals surface area contributed by atoms with E-state index in [4.69, 9.17) is 18.5 Å². The number of urea groups is 1. The molecule has 43 heavy (non-hydrogen) atoms. The van der Waals surface area contributed by atoms with Gasteiger partial charge in [-0.15, -0.1) is 0 Å². The second-order valence-electron chi connectivity index (χ2n) is 10.1. The summed E-state index contributed by atoms with van der Waals surface area (Å²) in [5, 5.41) is 16.5. The summed E-state index contributed by atoms with van der Waals surface area (Å²) in [4.78, 5) is 47.5. The van der Waals surface area contributed by atoms with Gasteiger partial charge in [0.15, 0.2) is 0 Å². The Balaban J connectivity index is 1.71. The molecule has 14 heteroatoms. The van der Waals surface area contributed by atoms with Gasteiger partial charge in [0, 0.05) is 31.3 Å². The molecule has 3 rings (SSSR count). The lowest BCUT2D eigenvalue weighted by Crippen LogP contribution is -2.44. The van der Waals surface area contributed by atoms with Crippen LogP contribution < -0.4 is 14.9 Å². The Morgan fingerprint density at radius 2 is 1.77 bits per heavy atom. The van der Waals surface area contributed by atoms with E-state index in [2.05, 4.69) is 10.4 Å². The highest BCUT2D eigenvalue weighted by Gasteiger charge is 2.38. The summed E-state index contributed by atoms with van der Waals surface area (Å²) in [6.07, 6.45) is 2.44. The molecule has 0 bridgehead atoms. The van der Waals surface area contributed by atoms with E-state index >= 15 is 0 Å². The molecule has 2 aromatic rings. The third kappa shape index (κ3) is 9.82. The van der Waals surface area contributed by atoms with E-state index in [1.54, 1.807) is 45.0 Å². The van der Waals surface area contributed by atoms with E-state index in [0.29, 0.717) is 18.5 Å². The van der Waals surface area contributed by atoms with Gasteiger partial charge < -0.3 is 23.8 Å². The highest BCUT2D eigenvalue weighted by Crippen LogP contribution is 2.39. The van der Waals surface area contributed by atoms with E-state index in [1.165, 1.54) is 36.4 Å². The first-order chi connectivity index (χ1) is 20.5. The number of ether oxygens (including phenoxy) is 2. The highest BCUT2D eigenvalue weighted by molar-refractivity contribution is 7.45. The topological polar surface area (TPSA) is 159 Å². The first-order valence-corrected chi connectivity index (χ1v) is 14.9. The molecule has 0 spiro atoms. The average molecular weight is 617 g/mol. The number of hydrogen-bond donors (Lipinski definition) is 2. The second kappa shape index (κ2) is 16.1. The van der Waals surface area contributed by atoms with Crippen molar-refractivity contribution in [3.63, 3.8) is 0 Å². The number of allylic oxidation sites excluding steroid dienone is 1. The normalized spacial score (nSPS) is 19.5. The first kappa shape index (κ1) is 33.6. The van der Waals surface area contributed by atoms with Gasteiger partial charge in [-0.1, -0.05) is 19.1 Å². The Morgan fingerprint density at radius 3 is 2.33 bits per heavy atom. The van der Waals surface area contributed by atoms with Gasteiger partial charge in [-0.25, -0.2) is 9.88 Å². The highest BCUT2D eigenvalue weighted by atomic mass is 31.2. The number of rotatable bonds is 14. The van der Waals surface area contributed by atoms with Gasteiger partial charge in [0.2, 0.25) is 0 Å². The number of nitro benzene ring substituents is 1. The molecule has 5 atom stereocenters. The Morgan fingerprint density at radius 1 is 1.14 bits per heavy atom. The van der Waals surface area contributed by atoms with Crippen molar-refractivity contribution in [2.24, 2.45) is 5.92 Å². The molecule has 0 saturated carbocycles. The molecule has 13 nitrogen and oxygen atoms in total. The van der Waals surface area contributed by atoms with Gasteiger partial charge in [-0.05, 0) is 68.7 Å². The second-order valence-corrected chi connectivity index (χ2v) is 11.3. The van der Waals surface area contributed by atoms with Gasteiger partial charge >= 0.3 is 20.5 Å². The molecule has 2 amide bonds. The first-order valence-electron chi connectivity index (χ1n) is 13.7. The van der Waals surface area contributed by atoms with Crippen LogP contribution in [0.1, 0.15) is 34.1 Å². The standard InChI is InChI=1S/C29H37N4O9P/c1-19(2)40-28(35)21(4)31-43(39-18-26-17-20(3)27(41-26)32(15-6-16-34)29(36)30-5)42-25-13-9-23(10-14-25)22-7-11-24(12-8-22)33(37)38/h6-16,19-21,26-27,31H,17-18H2,1-5H3,(H,30,36)/b15-6-/t20?,21-,26?,27?,43?/m0/s1. The van der Waals surface area contributed by atoms with Crippen LogP contribution in [0, 0.1) is 16.0 Å². The molecule has 0 aliphatic carbocycles. The number of non-ortho nitro benzene ring substituents is 1. The molecule has 232 valence electrons. The summed E-state index contributed by atoms with van der Waals surface area (Å²) >= 11 is 0. The minimum absolute atomic E-state index is 0.00778. The molecular formula is C29H37N4O9P. The third-order valence-electron chi connectivity index (χ3n) is 6.34. The summed E-state index contributed by atoms with van der Waals surface area (Å²) in [6, 6.07) is 12.2. The zero-order valence-corrected chi connectivity index (χ0v) is 25.6. The van der Waals surface area contributed by atoms with Crippen LogP contribution in [0.5, 0.6) is 5.75 Å². The van der Waals surface area contributed by atoms with Gasteiger partial charge in [-0.3, -0.25) is 24.6 Å². The number of benzene rings is 2. The lowest BCUT2D eigenvalue weighted by Gasteiger charge is -2.28. The fraction of sp³-hybridized carbons (Fsp3) is 0.414. The van der Waals surface area contributed by atoms with Crippen molar-refractivity contribution in [2.45, 2.75) is 58.6 Å². The summed E-state index contributed by atoms with van der Waals surface area (Å²) in [5.74, 6) is -0.0523. The number of amides is 2. The van der Waals surface area contributed by atoms with Crippen LogP contribution in [0.25, 0.3) is 11.1 Å². The maximum atomic E-state index is 12.5. The number of carbonyl (C=O) groups is 3. The van der Waals surface area contributed by atoms with Gasteiger partial charge in [0.05, 0.1) is 23.7 Å². The number of carbonyl (C=O) groups excluding carboxylic acids is 3. The minimum atomic E-state index is -1.85. The fourth-order valence-corrected chi connectivity index (χ4v) is 5.47. The number of nitro groups is 1. The number of esters is 1. The van der Waals surface area contributed by atoms with Crippen LogP contribution in [0.4, 0.5) is 10.5 Å². The predicted molar refractivity (Wildman–Crippen MR) is 160 cm³/mol. The summed E-state index contributed by atoms with van der Waals surface area (Å²) in [7, 11) is -0.363. The van der Waals surface area contributed by atoms with E-state index in [0.717, 1.165) is 11.1 Å². The van der Waals surface area contributed by atoms with E-state index in [-0.39, 0.29) is 24.3 Å².